The number of benzene rings is 1. The van der Waals surface area contributed by atoms with Gasteiger partial charge in [-0.05, 0) is 5.92 Å². The Labute approximate surface area is 140 Å². The lowest BCUT2D eigenvalue weighted by molar-refractivity contribution is -0.139. The van der Waals surface area contributed by atoms with E-state index < -0.39 is 5.97 Å². The van der Waals surface area contributed by atoms with E-state index in [2.05, 4.69) is 10.3 Å². The topological polar surface area (TPSA) is 88.3 Å². The Hall–Kier alpha value is -2.70. The number of amides is 1. The van der Waals surface area contributed by atoms with Crippen LogP contribution in [-0.2, 0) is 16.1 Å². The highest BCUT2D eigenvalue weighted by Gasteiger charge is 2.17. The van der Waals surface area contributed by atoms with Crippen LogP contribution in [0, 0.1) is 5.92 Å². The van der Waals surface area contributed by atoms with Gasteiger partial charge in [0, 0.05) is 18.7 Å². The minimum Gasteiger partial charge on any atom is -0.481 e. The van der Waals surface area contributed by atoms with Gasteiger partial charge in [0.25, 0.3) is 0 Å². The third kappa shape index (κ3) is 5.19. The summed E-state index contributed by atoms with van der Waals surface area (Å²) >= 11 is 0. The van der Waals surface area contributed by atoms with Gasteiger partial charge < -0.3 is 10.0 Å². The first-order valence-corrected chi connectivity index (χ1v) is 7.91. The average molecular weight is 330 g/mol. The molecule has 0 unspecified atom stereocenters. The van der Waals surface area contributed by atoms with Crippen LogP contribution in [-0.4, -0.2) is 50.0 Å². The molecule has 0 aliphatic carbocycles. The Bertz CT molecular complexity index is 682. The van der Waals surface area contributed by atoms with Crippen LogP contribution in [0.1, 0.15) is 20.3 Å². The van der Waals surface area contributed by atoms with Crippen molar-refractivity contribution in [2.75, 3.05) is 13.1 Å². The molecule has 0 saturated carbocycles. The smallest absolute Gasteiger partial charge is 0.305 e. The SMILES string of the molecule is CC(C)CN(CCC(=O)O)C(=O)Cn1cc(-c2ccccc2)nn1. The second-order valence-corrected chi connectivity index (χ2v) is 6.04. The molecule has 0 bridgehead atoms. The first-order chi connectivity index (χ1) is 11.5. The molecular formula is C17H22N4O3. The third-order valence-corrected chi connectivity index (χ3v) is 3.44. The molecule has 0 fully saturated rings. The summed E-state index contributed by atoms with van der Waals surface area (Å²) in [6.07, 6.45) is 1.66. The number of carbonyl (C=O) groups is 2. The predicted molar refractivity (Wildman–Crippen MR) is 89.1 cm³/mol. The van der Waals surface area contributed by atoms with Gasteiger partial charge in [-0.25, -0.2) is 4.68 Å². The first-order valence-electron chi connectivity index (χ1n) is 7.91. The summed E-state index contributed by atoms with van der Waals surface area (Å²) in [6, 6.07) is 9.59. The van der Waals surface area contributed by atoms with E-state index in [1.807, 2.05) is 44.2 Å². The van der Waals surface area contributed by atoms with Crippen molar-refractivity contribution in [3.05, 3.63) is 36.5 Å². The highest BCUT2D eigenvalue weighted by atomic mass is 16.4. The van der Waals surface area contributed by atoms with Crippen LogP contribution in [0.4, 0.5) is 0 Å². The Morgan fingerprint density at radius 3 is 2.58 bits per heavy atom. The fourth-order valence-corrected chi connectivity index (χ4v) is 2.34. The zero-order chi connectivity index (χ0) is 17.5. The molecule has 1 N–H and O–H groups in total. The van der Waals surface area contributed by atoms with Gasteiger partial charge in [0.15, 0.2) is 0 Å². The van der Waals surface area contributed by atoms with Crippen molar-refractivity contribution >= 4 is 11.9 Å². The van der Waals surface area contributed by atoms with Crippen LogP contribution in [0.25, 0.3) is 11.3 Å². The van der Waals surface area contributed by atoms with Crippen LogP contribution in [0.3, 0.4) is 0 Å². The van der Waals surface area contributed by atoms with E-state index in [0.717, 1.165) is 5.56 Å². The minimum absolute atomic E-state index is 0.0478. The molecule has 24 heavy (non-hydrogen) atoms. The van der Waals surface area contributed by atoms with Crippen molar-refractivity contribution in [2.24, 2.45) is 5.92 Å². The van der Waals surface area contributed by atoms with Crippen LogP contribution in [0.5, 0.6) is 0 Å². The number of rotatable bonds is 8. The zero-order valence-electron chi connectivity index (χ0n) is 13.9. The lowest BCUT2D eigenvalue weighted by Gasteiger charge is -2.23. The van der Waals surface area contributed by atoms with Crippen LogP contribution in [0.2, 0.25) is 0 Å². The number of carboxylic acids is 1. The number of nitrogens with zero attached hydrogens (tertiary/aromatic N) is 4. The summed E-state index contributed by atoms with van der Waals surface area (Å²) in [5.74, 6) is -0.809. The van der Waals surface area contributed by atoms with Crippen LogP contribution < -0.4 is 0 Å². The Morgan fingerprint density at radius 1 is 1.25 bits per heavy atom. The standard InChI is InChI=1S/C17H22N4O3/c1-13(2)10-20(9-8-17(23)24)16(22)12-21-11-15(18-19-21)14-6-4-3-5-7-14/h3-7,11,13H,8-10,12H2,1-2H3,(H,23,24). The van der Waals surface area contributed by atoms with Gasteiger partial charge in [0.2, 0.25) is 5.91 Å². The Balaban J connectivity index is 2.03. The predicted octanol–water partition coefficient (Wildman–Crippen LogP) is 1.90. The van der Waals surface area contributed by atoms with E-state index in [0.29, 0.717) is 12.2 Å². The van der Waals surface area contributed by atoms with Crippen LogP contribution in [0.15, 0.2) is 36.5 Å². The van der Waals surface area contributed by atoms with Gasteiger partial charge in [-0.3, -0.25) is 9.59 Å². The maximum atomic E-state index is 12.5. The van der Waals surface area contributed by atoms with E-state index in [-0.39, 0.29) is 31.3 Å². The van der Waals surface area contributed by atoms with Crippen molar-refractivity contribution in [3.63, 3.8) is 0 Å². The third-order valence-electron chi connectivity index (χ3n) is 3.44. The average Bonchev–Trinajstić information content (AvgIpc) is 3.00. The molecule has 0 atom stereocenters. The molecule has 0 aliphatic heterocycles. The van der Waals surface area contributed by atoms with Crippen LogP contribution >= 0.6 is 0 Å². The van der Waals surface area contributed by atoms with Gasteiger partial charge in [0.1, 0.15) is 12.2 Å². The quantitative estimate of drug-likeness (QED) is 0.798. The summed E-state index contributed by atoms with van der Waals surface area (Å²) in [5, 5.41) is 16.9. The first kappa shape index (κ1) is 17.7. The number of carbonyl (C=O) groups excluding carboxylic acids is 1. The summed E-state index contributed by atoms with van der Waals surface area (Å²) in [4.78, 5) is 24.8. The lowest BCUT2D eigenvalue weighted by Crippen LogP contribution is -2.38. The number of carboxylic acid groups (broad SMARTS) is 1. The second-order valence-electron chi connectivity index (χ2n) is 6.04. The van der Waals surface area contributed by atoms with Gasteiger partial charge in [-0.2, -0.15) is 0 Å². The number of hydrogen-bond donors (Lipinski definition) is 1. The Morgan fingerprint density at radius 2 is 1.96 bits per heavy atom. The normalized spacial score (nSPS) is 10.8. The molecule has 128 valence electrons. The number of aliphatic carboxylic acids is 1. The molecule has 2 aromatic rings. The minimum atomic E-state index is -0.913. The van der Waals surface area contributed by atoms with E-state index in [1.54, 1.807) is 11.1 Å². The highest BCUT2D eigenvalue weighted by molar-refractivity contribution is 5.77. The van der Waals surface area contributed by atoms with Crippen molar-refractivity contribution in [1.82, 2.24) is 19.9 Å². The molecule has 0 spiro atoms. The molecule has 0 saturated heterocycles. The molecule has 1 heterocycles. The number of hydrogen-bond acceptors (Lipinski definition) is 4. The summed E-state index contributed by atoms with van der Waals surface area (Å²) < 4.78 is 1.48. The Kier molecular flexibility index (Phi) is 6.06. The van der Waals surface area contributed by atoms with Gasteiger partial charge >= 0.3 is 5.97 Å². The summed E-state index contributed by atoms with van der Waals surface area (Å²) in [7, 11) is 0. The monoisotopic (exact) mass is 330 g/mol. The molecule has 1 aromatic heterocycles. The fraction of sp³-hybridized carbons (Fsp3) is 0.412. The molecule has 0 aliphatic rings. The highest BCUT2D eigenvalue weighted by Crippen LogP contribution is 2.14. The summed E-state index contributed by atoms with van der Waals surface area (Å²) in [6.45, 7) is 4.75. The van der Waals surface area contributed by atoms with E-state index in [9.17, 15) is 9.59 Å². The lowest BCUT2D eigenvalue weighted by atomic mass is 10.2. The maximum Gasteiger partial charge on any atom is 0.305 e. The maximum absolute atomic E-state index is 12.5. The molecule has 7 nitrogen and oxygen atoms in total. The number of aromatic nitrogens is 3. The van der Waals surface area contributed by atoms with Gasteiger partial charge in [0.05, 0.1) is 12.6 Å². The molecule has 0 radical (unpaired) electrons. The fourth-order valence-electron chi connectivity index (χ4n) is 2.34. The molecular weight excluding hydrogens is 308 g/mol. The largest absolute Gasteiger partial charge is 0.481 e. The molecule has 1 aromatic carbocycles. The molecule has 1 amide bonds. The second kappa shape index (κ2) is 8.24. The van der Waals surface area contributed by atoms with Gasteiger partial charge in [-0.1, -0.05) is 49.4 Å². The van der Waals surface area contributed by atoms with Gasteiger partial charge in [-0.15, -0.1) is 5.10 Å². The van der Waals surface area contributed by atoms with Crippen molar-refractivity contribution in [2.45, 2.75) is 26.8 Å². The zero-order valence-corrected chi connectivity index (χ0v) is 13.9. The van der Waals surface area contributed by atoms with E-state index in [4.69, 9.17) is 5.11 Å². The summed E-state index contributed by atoms with van der Waals surface area (Å²) in [5.41, 5.74) is 1.63. The molecule has 2 rings (SSSR count). The van der Waals surface area contributed by atoms with Crippen molar-refractivity contribution in [1.29, 1.82) is 0 Å². The van der Waals surface area contributed by atoms with E-state index in [1.165, 1.54) is 4.68 Å². The van der Waals surface area contributed by atoms with Crippen molar-refractivity contribution in [3.8, 4) is 11.3 Å². The molecule has 7 heteroatoms. The van der Waals surface area contributed by atoms with E-state index >= 15 is 0 Å². The van der Waals surface area contributed by atoms with Crippen molar-refractivity contribution < 1.29 is 14.7 Å².